The third-order valence-electron chi connectivity index (χ3n) is 7.20. The van der Waals surface area contributed by atoms with Crippen LogP contribution in [0.1, 0.15) is 73.3 Å². The monoisotopic (exact) mass is 513 g/mol. The molecule has 3 atom stereocenters. The van der Waals surface area contributed by atoms with Gasteiger partial charge in [-0.2, -0.15) is 0 Å². The quantitative estimate of drug-likeness (QED) is 0.442. The fourth-order valence-electron chi connectivity index (χ4n) is 4.89. The molecule has 1 saturated heterocycles. The van der Waals surface area contributed by atoms with Crippen LogP contribution >= 0.6 is 0 Å². The van der Waals surface area contributed by atoms with Gasteiger partial charge in [-0.1, -0.05) is 40.2 Å². The summed E-state index contributed by atoms with van der Waals surface area (Å²) < 4.78 is 0. The fraction of sp³-hybridized carbons (Fsp3) is 0.655. The number of nitrogens with one attached hydrogen (secondary N) is 2. The van der Waals surface area contributed by atoms with Crippen LogP contribution in [-0.4, -0.2) is 70.3 Å². The number of piperidine rings is 1. The summed E-state index contributed by atoms with van der Waals surface area (Å²) in [5.41, 5.74) is 1.51. The van der Waals surface area contributed by atoms with Crippen molar-refractivity contribution in [2.75, 3.05) is 13.6 Å². The zero-order chi connectivity index (χ0) is 27.7. The number of pyridine rings is 1. The average molecular weight is 514 g/mol. The van der Waals surface area contributed by atoms with Gasteiger partial charge >= 0.3 is 0 Å². The number of hydrogen-bond donors (Lipinski definition) is 2. The van der Waals surface area contributed by atoms with Crippen LogP contribution in [0.25, 0.3) is 0 Å². The Hall–Kier alpha value is -2.74. The molecular weight excluding hydrogens is 466 g/mol. The van der Waals surface area contributed by atoms with Gasteiger partial charge in [-0.05, 0) is 69.7 Å². The highest BCUT2D eigenvalue weighted by molar-refractivity contribution is 5.93. The van der Waals surface area contributed by atoms with Gasteiger partial charge in [0.2, 0.25) is 17.7 Å². The molecule has 1 aromatic heterocycles. The molecule has 0 saturated carbocycles. The van der Waals surface area contributed by atoms with E-state index in [1.807, 2.05) is 45.9 Å². The fourth-order valence-corrected chi connectivity index (χ4v) is 4.89. The second kappa shape index (κ2) is 14.3. The number of amides is 3. The van der Waals surface area contributed by atoms with Gasteiger partial charge in [-0.3, -0.25) is 24.3 Å². The predicted molar refractivity (Wildman–Crippen MR) is 147 cm³/mol. The first-order chi connectivity index (χ1) is 17.4. The Bertz CT molecular complexity index is 929. The number of carbonyl (C=O) groups is 3. The summed E-state index contributed by atoms with van der Waals surface area (Å²) in [5, 5.41) is 6.01. The number of aromatic nitrogens is 1. The smallest absolute Gasteiger partial charge is 0.246 e. The van der Waals surface area contributed by atoms with Crippen molar-refractivity contribution >= 4 is 17.7 Å². The Morgan fingerprint density at radius 2 is 1.73 bits per heavy atom. The molecular formula is C29H47N5O3. The van der Waals surface area contributed by atoms with E-state index in [1.54, 1.807) is 31.3 Å². The third kappa shape index (κ3) is 8.66. The molecule has 0 bridgehead atoms. The average Bonchev–Trinajstić information content (AvgIpc) is 2.87. The third-order valence-corrected chi connectivity index (χ3v) is 7.20. The van der Waals surface area contributed by atoms with E-state index >= 15 is 0 Å². The first-order valence-electron chi connectivity index (χ1n) is 13.6. The van der Waals surface area contributed by atoms with Gasteiger partial charge < -0.3 is 15.5 Å². The highest BCUT2D eigenvalue weighted by Crippen LogP contribution is 2.21. The maximum atomic E-state index is 13.7. The molecule has 1 fully saturated rings. The number of likely N-dealkylation sites (tertiary alicyclic amines) is 1. The van der Waals surface area contributed by atoms with E-state index in [0.29, 0.717) is 12.1 Å². The Morgan fingerprint density at radius 1 is 1.08 bits per heavy atom. The maximum Gasteiger partial charge on any atom is 0.246 e. The van der Waals surface area contributed by atoms with Crippen LogP contribution in [0, 0.1) is 11.8 Å². The van der Waals surface area contributed by atoms with E-state index in [2.05, 4.69) is 34.4 Å². The highest BCUT2D eigenvalue weighted by Gasteiger charge is 2.36. The minimum Gasteiger partial charge on any atom is -0.348 e. The van der Waals surface area contributed by atoms with Crippen LogP contribution in [-0.2, 0) is 20.9 Å². The van der Waals surface area contributed by atoms with Crippen LogP contribution in [0.2, 0.25) is 0 Å². The van der Waals surface area contributed by atoms with Crippen molar-refractivity contribution in [2.24, 2.45) is 11.8 Å². The van der Waals surface area contributed by atoms with Gasteiger partial charge in [0, 0.05) is 37.6 Å². The van der Waals surface area contributed by atoms with E-state index in [9.17, 15) is 14.4 Å². The van der Waals surface area contributed by atoms with Crippen LogP contribution in [0.3, 0.4) is 0 Å². The summed E-state index contributed by atoms with van der Waals surface area (Å²) in [6, 6.07) is 2.85. The summed E-state index contributed by atoms with van der Waals surface area (Å²) in [7, 11) is 1.76. The van der Waals surface area contributed by atoms with Gasteiger partial charge in [0.05, 0.1) is 12.1 Å². The lowest BCUT2D eigenvalue weighted by atomic mass is 9.95. The Morgan fingerprint density at radius 3 is 2.30 bits per heavy atom. The van der Waals surface area contributed by atoms with Crippen LogP contribution in [0.5, 0.6) is 0 Å². The second-order valence-corrected chi connectivity index (χ2v) is 11.1. The molecule has 0 aromatic carbocycles. The van der Waals surface area contributed by atoms with Crippen molar-refractivity contribution < 1.29 is 14.4 Å². The number of rotatable bonds is 11. The Labute approximate surface area is 223 Å². The van der Waals surface area contributed by atoms with E-state index in [-0.39, 0.29) is 47.7 Å². The van der Waals surface area contributed by atoms with Gasteiger partial charge in [-0.25, -0.2) is 0 Å². The summed E-state index contributed by atoms with van der Waals surface area (Å²) in [6.45, 7) is 15.3. The standard InChI is InChI=1S/C29H47N5O3/c1-19(2)25(17-22(7)27(35)31-18-23-12-14-30-15-13-23)33(8)29(37)26(20(3)4)32-28(36)24-11-9-10-16-34(24)21(5)6/h12-15,17,19-21,24-26H,9-11,16,18H2,1-8H3,(H,31,35)(H,32,36)/b22-17+. The van der Waals surface area contributed by atoms with E-state index in [1.165, 1.54) is 0 Å². The minimum absolute atomic E-state index is 0.0721. The Kier molecular flexibility index (Phi) is 11.8. The summed E-state index contributed by atoms with van der Waals surface area (Å²) in [5.74, 6) is -0.387. The zero-order valence-electron chi connectivity index (χ0n) is 24.0. The molecule has 8 nitrogen and oxygen atoms in total. The van der Waals surface area contributed by atoms with Crippen molar-refractivity contribution in [1.82, 2.24) is 25.4 Å². The number of carbonyl (C=O) groups excluding carboxylic acids is 3. The normalized spacial score (nSPS) is 18.6. The first-order valence-corrected chi connectivity index (χ1v) is 13.6. The molecule has 206 valence electrons. The van der Waals surface area contributed by atoms with Crippen LogP contribution < -0.4 is 10.6 Å². The lowest BCUT2D eigenvalue weighted by molar-refractivity contribution is -0.140. The number of hydrogen-bond acceptors (Lipinski definition) is 5. The molecule has 1 aromatic rings. The van der Waals surface area contributed by atoms with Gasteiger partial charge in [0.15, 0.2) is 0 Å². The zero-order valence-corrected chi connectivity index (χ0v) is 24.0. The largest absolute Gasteiger partial charge is 0.348 e. The van der Waals surface area contributed by atoms with Crippen LogP contribution in [0.4, 0.5) is 0 Å². The molecule has 37 heavy (non-hydrogen) atoms. The summed E-state index contributed by atoms with van der Waals surface area (Å²) in [4.78, 5) is 47.7. The highest BCUT2D eigenvalue weighted by atomic mass is 16.2. The van der Waals surface area contributed by atoms with Crippen molar-refractivity contribution in [3.05, 3.63) is 41.7 Å². The molecule has 3 unspecified atom stereocenters. The van der Waals surface area contributed by atoms with Crippen LogP contribution in [0.15, 0.2) is 36.2 Å². The minimum atomic E-state index is -0.635. The van der Waals surface area contributed by atoms with Crippen molar-refractivity contribution in [2.45, 2.75) is 98.4 Å². The molecule has 3 amide bonds. The van der Waals surface area contributed by atoms with E-state index in [0.717, 1.165) is 31.4 Å². The Balaban J connectivity index is 2.13. The molecule has 0 aliphatic carbocycles. The molecule has 1 aliphatic heterocycles. The molecule has 2 N–H and O–H groups in total. The summed E-state index contributed by atoms with van der Waals surface area (Å²) in [6.07, 6.45) is 8.16. The van der Waals surface area contributed by atoms with Crippen molar-refractivity contribution in [3.8, 4) is 0 Å². The predicted octanol–water partition coefficient (Wildman–Crippen LogP) is 3.53. The molecule has 2 rings (SSSR count). The molecule has 8 heteroatoms. The van der Waals surface area contributed by atoms with Gasteiger partial charge in [-0.15, -0.1) is 0 Å². The molecule has 0 spiro atoms. The van der Waals surface area contributed by atoms with Gasteiger partial charge in [0.1, 0.15) is 6.04 Å². The SMILES string of the molecule is C/C(=C\C(C(C)C)N(C)C(=O)C(NC(=O)C1CCCCN1C(C)C)C(C)C)C(=O)NCc1ccncc1. The molecule has 2 heterocycles. The molecule has 1 aliphatic rings. The first kappa shape index (κ1) is 30.5. The maximum absolute atomic E-state index is 13.7. The van der Waals surface area contributed by atoms with E-state index < -0.39 is 6.04 Å². The number of nitrogens with zero attached hydrogens (tertiary/aromatic N) is 3. The van der Waals surface area contributed by atoms with Crippen molar-refractivity contribution in [1.29, 1.82) is 0 Å². The number of likely N-dealkylation sites (N-methyl/N-ethyl adjacent to an activating group) is 1. The topological polar surface area (TPSA) is 94.6 Å². The summed E-state index contributed by atoms with van der Waals surface area (Å²) >= 11 is 0. The lowest BCUT2D eigenvalue weighted by Gasteiger charge is -2.39. The second-order valence-electron chi connectivity index (χ2n) is 11.1. The van der Waals surface area contributed by atoms with Crippen molar-refractivity contribution in [3.63, 3.8) is 0 Å². The van der Waals surface area contributed by atoms with Gasteiger partial charge in [0.25, 0.3) is 0 Å². The van der Waals surface area contributed by atoms with E-state index in [4.69, 9.17) is 0 Å². The molecule has 0 radical (unpaired) electrons. The lowest BCUT2D eigenvalue weighted by Crippen LogP contribution is -2.58.